The normalized spacial score (nSPS) is 12.9. The summed E-state index contributed by atoms with van der Waals surface area (Å²) in [6.45, 7) is 9.06. The summed E-state index contributed by atoms with van der Waals surface area (Å²) in [6, 6.07) is 0.596. The molecule has 1 nitrogen and oxygen atoms in total. The maximum Gasteiger partial charge on any atom is 0.0268 e. The number of hydrogen-bond acceptors (Lipinski definition) is 2. The maximum absolute atomic E-state index is 3.77. The summed E-state index contributed by atoms with van der Waals surface area (Å²) < 4.78 is 1.03. The van der Waals surface area contributed by atoms with Gasteiger partial charge in [0.25, 0.3) is 0 Å². The van der Waals surface area contributed by atoms with Crippen LogP contribution < -0.4 is 5.32 Å². The van der Waals surface area contributed by atoms with E-state index in [2.05, 4.69) is 41.7 Å². The van der Waals surface area contributed by atoms with Crippen molar-refractivity contribution in [1.82, 2.24) is 5.32 Å². The average Bonchev–Trinajstić information content (AvgIpc) is 2.01. The maximum atomic E-state index is 3.77. The Balaban J connectivity index is 3.21. The first-order valence-electron chi connectivity index (χ1n) is 4.31. The van der Waals surface area contributed by atoms with E-state index < -0.39 is 0 Å². The molecule has 0 spiro atoms. The number of thioether (sulfide) groups is 1. The van der Waals surface area contributed by atoms with Crippen molar-refractivity contribution in [2.24, 2.45) is 0 Å². The van der Waals surface area contributed by atoms with Gasteiger partial charge in [0.1, 0.15) is 0 Å². The molecule has 0 aromatic carbocycles. The Bertz CT molecular complexity index is 128. The molecule has 0 aliphatic heterocycles. The van der Waals surface area contributed by atoms with Crippen LogP contribution in [0.5, 0.6) is 0 Å². The zero-order valence-corrected chi connectivity index (χ0v) is 10.3. The molecule has 0 bridgehead atoms. The van der Waals surface area contributed by atoms with Crippen molar-refractivity contribution in [3.8, 4) is 0 Å². The van der Waals surface area contributed by atoms with Crippen molar-refractivity contribution in [3.05, 3.63) is 11.1 Å². The van der Waals surface area contributed by atoms with Gasteiger partial charge >= 0.3 is 0 Å². The van der Waals surface area contributed by atoms with Gasteiger partial charge in [-0.15, -0.1) is 0 Å². The predicted molar refractivity (Wildman–Crippen MR) is 63.1 cm³/mol. The Morgan fingerprint density at radius 2 is 2.33 bits per heavy atom. The molecule has 0 fully saturated rings. The molecule has 0 aliphatic rings. The third-order valence-corrected chi connectivity index (χ3v) is 2.75. The van der Waals surface area contributed by atoms with Crippen molar-refractivity contribution in [2.45, 2.75) is 26.3 Å². The highest BCUT2D eigenvalue weighted by Crippen LogP contribution is 2.04. The lowest BCUT2D eigenvalue weighted by molar-refractivity contribution is 0.570. The molecule has 0 rings (SSSR count). The van der Waals surface area contributed by atoms with Gasteiger partial charge < -0.3 is 5.32 Å². The number of nitrogens with one attached hydrogen (secondary N) is 1. The van der Waals surface area contributed by atoms with Crippen LogP contribution in [0.15, 0.2) is 11.1 Å². The molecule has 0 amide bonds. The van der Waals surface area contributed by atoms with Crippen LogP contribution in [0.4, 0.5) is 0 Å². The molecular formula is C9H18BrNS. The zero-order chi connectivity index (χ0) is 9.40. The van der Waals surface area contributed by atoms with Gasteiger partial charge in [0.15, 0.2) is 0 Å². The smallest absolute Gasteiger partial charge is 0.0268 e. The average molecular weight is 252 g/mol. The molecule has 0 saturated heterocycles. The second-order valence-electron chi connectivity index (χ2n) is 2.78. The Morgan fingerprint density at radius 1 is 1.67 bits per heavy atom. The number of rotatable bonds is 7. The van der Waals surface area contributed by atoms with E-state index in [9.17, 15) is 0 Å². The van der Waals surface area contributed by atoms with Gasteiger partial charge in [-0.3, -0.25) is 0 Å². The van der Waals surface area contributed by atoms with Crippen LogP contribution in [0.2, 0.25) is 0 Å². The van der Waals surface area contributed by atoms with E-state index in [4.69, 9.17) is 0 Å². The monoisotopic (exact) mass is 251 g/mol. The molecule has 3 heteroatoms. The van der Waals surface area contributed by atoms with E-state index in [0.717, 1.165) is 11.0 Å². The summed E-state index contributed by atoms with van der Waals surface area (Å²) in [6.07, 6.45) is 1.23. The fraction of sp³-hybridized carbons (Fsp3) is 0.778. The van der Waals surface area contributed by atoms with Crippen LogP contribution in [0.3, 0.4) is 0 Å². The lowest BCUT2D eigenvalue weighted by atomic mass is 10.2. The number of hydrogen-bond donors (Lipinski definition) is 1. The Kier molecular flexibility index (Phi) is 8.50. The highest BCUT2D eigenvalue weighted by Gasteiger charge is 1.99. The molecule has 12 heavy (non-hydrogen) atoms. The highest BCUT2D eigenvalue weighted by atomic mass is 79.9. The van der Waals surface area contributed by atoms with Crippen LogP contribution in [0.25, 0.3) is 0 Å². The van der Waals surface area contributed by atoms with Crippen LogP contribution in [-0.2, 0) is 0 Å². The van der Waals surface area contributed by atoms with Crippen molar-refractivity contribution in [1.29, 1.82) is 0 Å². The second-order valence-corrected chi connectivity index (χ2v) is 5.30. The highest BCUT2D eigenvalue weighted by molar-refractivity contribution is 9.11. The summed E-state index contributed by atoms with van der Waals surface area (Å²) in [7, 11) is 0. The van der Waals surface area contributed by atoms with E-state index in [1.165, 1.54) is 17.9 Å². The molecule has 0 radical (unpaired) electrons. The van der Waals surface area contributed by atoms with Crippen LogP contribution in [0.1, 0.15) is 20.3 Å². The first-order chi connectivity index (χ1) is 5.66. The van der Waals surface area contributed by atoms with Gasteiger partial charge in [0, 0.05) is 17.1 Å². The van der Waals surface area contributed by atoms with Crippen LogP contribution in [-0.4, -0.2) is 24.1 Å². The largest absolute Gasteiger partial charge is 0.310 e. The third kappa shape index (κ3) is 8.62. The van der Waals surface area contributed by atoms with E-state index in [0.29, 0.717) is 6.04 Å². The molecule has 0 aliphatic carbocycles. The molecule has 1 atom stereocenters. The number of halogens is 1. The van der Waals surface area contributed by atoms with Gasteiger partial charge in [-0.2, -0.15) is 11.8 Å². The summed E-state index contributed by atoms with van der Waals surface area (Å²) >= 11 is 5.32. The first-order valence-corrected chi connectivity index (χ1v) is 6.26. The molecule has 0 heterocycles. The summed E-state index contributed by atoms with van der Waals surface area (Å²) in [5, 5.41) is 3.38. The molecule has 1 unspecified atom stereocenters. The quantitative estimate of drug-likeness (QED) is 0.699. The van der Waals surface area contributed by atoms with Gasteiger partial charge in [-0.1, -0.05) is 29.4 Å². The fourth-order valence-electron chi connectivity index (χ4n) is 0.791. The molecular weight excluding hydrogens is 234 g/mol. The van der Waals surface area contributed by atoms with Gasteiger partial charge in [0.05, 0.1) is 0 Å². The molecule has 72 valence electrons. The Labute approximate surface area is 88.5 Å². The van der Waals surface area contributed by atoms with Crippen molar-refractivity contribution < 1.29 is 0 Å². The summed E-state index contributed by atoms with van der Waals surface area (Å²) in [5.74, 6) is 2.47. The minimum Gasteiger partial charge on any atom is -0.310 e. The SMILES string of the molecule is C=C(Br)CNC(C)CCSCC. The Hall–Kier alpha value is 0.530. The standard InChI is InChI=1S/C9H18BrNS/c1-4-12-6-5-9(3)11-7-8(2)10/h9,11H,2,4-7H2,1,3H3. The lowest BCUT2D eigenvalue weighted by Gasteiger charge is -2.12. The second kappa shape index (κ2) is 8.14. The zero-order valence-electron chi connectivity index (χ0n) is 7.90. The summed E-state index contributed by atoms with van der Waals surface area (Å²) in [5.41, 5.74) is 0. The lowest BCUT2D eigenvalue weighted by Crippen LogP contribution is -2.27. The molecule has 0 aromatic rings. The molecule has 0 saturated carbocycles. The van der Waals surface area contributed by atoms with Crippen molar-refractivity contribution >= 4 is 27.7 Å². The van der Waals surface area contributed by atoms with Gasteiger partial charge in [-0.25, -0.2) is 0 Å². The minimum atomic E-state index is 0.596. The first kappa shape index (κ1) is 12.5. The van der Waals surface area contributed by atoms with E-state index in [1.807, 2.05) is 11.8 Å². The van der Waals surface area contributed by atoms with Gasteiger partial charge in [-0.05, 0) is 24.9 Å². The van der Waals surface area contributed by atoms with Crippen molar-refractivity contribution in [2.75, 3.05) is 18.1 Å². The Morgan fingerprint density at radius 3 is 2.83 bits per heavy atom. The van der Waals surface area contributed by atoms with Crippen LogP contribution in [0, 0.1) is 0 Å². The van der Waals surface area contributed by atoms with Crippen molar-refractivity contribution in [3.63, 3.8) is 0 Å². The molecule has 1 N–H and O–H groups in total. The fourth-order valence-corrected chi connectivity index (χ4v) is 1.76. The van der Waals surface area contributed by atoms with E-state index in [1.54, 1.807) is 0 Å². The third-order valence-electron chi connectivity index (χ3n) is 1.54. The molecule has 0 aromatic heterocycles. The van der Waals surface area contributed by atoms with Crippen LogP contribution >= 0.6 is 27.7 Å². The summed E-state index contributed by atoms with van der Waals surface area (Å²) in [4.78, 5) is 0. The predicted octanol–water partition coefficient (Wildman–Crippen LogP) is 3.02. The topological polar surface area (TPSA) is 12.0 Å². The van der Waals surface area contributed by atoms with E-state index in [-0.39, 0.29) is 0 Å². The van der Waals surface area contributed by atoms with Gasteiger partial charge in [0.2, 0.25) is 0 Å². The minimum absolute atomic E-state index is 0.596. The van der Waals surface area contributed by atoms with E-state index >= 15 is 0 Å².